The van der Waals surface area contributed by atoms with E-state index in [9.17, 15) is 18.0 Å². The number of piperidine rings is 1. The minimum absolute atomic E-state index is 0.0386. The van der Waals surface area contributed by atoms with Gasteiger partial charge in [0.15, 0.2) is 9.84 Å². The van der Waals surface area contributed by atoms with Crippen LogP contribution in [-0.4, -0.2) is 50.5 Å². The van der Waals surface area contributed by atoms with E-state index in [1.165, 1.54) is 11.8 Å². The molecule has 2 atom stereocenters. The number of hydrogen-bond donors (Lipinski definition) is 0. The molecule has 0 N–H and O–H groups in total. The molecular formula is C20H27BrN2O4S. The first-order valence-electron chi connectivity index (χ1n) is 9.69. The molecule has 1 saturated heterocycles. The van der Waals surface area contributed by atoms with E-state index in [-0.39, 0.29) is 28.9 Å². The van der Waals surface area contributed by atoms with E-state index in [4.69, 9.17) is 0 Å². The molecule has 0 bridgehead atoms. The van der Waals surface area contributed by atoms with Crippen LogP contribution in [0.25, 0.3) is 0 Å². The third-order valence-corrected chi connectivity index (χ3v) is 7.70. The first kappa shape index (κ1) is 21.3. The fraction of sp³-hybridized carbons (Fsp3) is 0.600. The van der Waals surface area contributed by atoms with Gasteiger partial charge in [-0.05, 0) is 42.4 Å². The lowest BCUT2D eigenvalue weighted by atomic mass is 9.92. The number of likely N-dealkylation sites (tertiary alicyclic amines) is 1. The molecular weight excluding hydrogens is 444 g/mol. The normalized spacial score (nSPS) is 22.3. The molecule has 154 valence electrons. The molecule has 2 aliphatic rings. The molecule has 1 aromatic rings. The van der Waals surface area contributed by atoms with Crippen molar-refractivity contribution >= 4 is 43.3 Å². The Labute approximate surface area is 175 Å². The van der Waals surface area contributed by atoms with Crippen molar-refractivity contribution in [2.45, 2.75) is 44.9 Å². The van der Waals surface area contributed by atoms with Crippen LogP contribution >= 0.6 is 15.9 Å². The van der Waals surface area contributed by atoms with E-state index in [2.05, 4.69) is 29.8 Å². The summed E-state index contributed by atoms with van der Waals surface area (Å²) in [6.45, 7) is 7.53. The average Bonchev–Trinajstić information content (AvgIpc) is 3.01. The fourth-order valence-electron chi connectivity index (χ4n) is 4.38. The topological polar surface area (TPSA) is 74.8 Å². The highest BCUT2D eigenvalue weighted by Crippen LogP contribution is 2.38. The van der Waals surface area contributed by atoms with Crippen molar-refractivity contribution in [1.82, 2.24) is 4.90 Å². The van der Waals surface area contributed by atoms with Gasteiger partial charge in [-0.15, -0.1) is 0 Å². The van der Waals surface area contributed by atoms with Crippen LogP contribution < -0.4 is 4.90 Å². The summed E-state index contributed by atoms with van der Waals surface area (Å²) >= 11 is 3.38. The van der Waals surface area contributed by atoms with Gasteiger partial charge >= 0.3 is 0 Å². The molecule has 2 aliphatic heterocycles. The second-order valence-corrected chi connectivity index (χ2v) is 11.1. The number of anilines is 1. The van der Waals surface area contributed by atoms with Gasteiger partial charge in [-0.3, -0.25) is 9.59 Å². The number of nitrogens with zero attached hydrogens (tertiary/aromatic N) is 2. The summed E-state index contributed by atoms with van der Waals surface area (Å²) in [5.74, 6) is 0.324. The van der Waals surface area contributed by atoms with E-state index in [1.54, 1.807) is 11.0 Å². The zero-order valence-corrected chi connectivity index (χ0v) is 19.0. The van der Waals surface area contributed by atoms with Crippen molar-refractivity contribution in [2.24, 2.45) is 11.8 Å². The molecule has 8 heteroatoms. The largest absolute Gasteiger partial charge is 0.342 e. The molecule has 0 aliphatic carbocycles. The van der Waals surface area contributed by atoms with Gasteiger partial charge in [0.1, 0.15) is 0 Å². The predicted molar refractivity (Wildman–Crippen MR) is 112 cm³/mol. The van der Waals surface area contributed by atoms with E-state index < -0.39 is 9.84 Å². The van der Waals surface area contributed by atoms with Gasteiger partial charge in [0.2, 0.25) is 11.8 Å². The van der Waals surface area contributed by atoms with E-state index in [0.29, 0.717) is 48.1 Å². The van der Waals surface area contributed by atoms with Gasteiger partial charge in [-0.25, -0.2) is 8.42 Å². The molecule has 1 fully saturated rings. The lowest BCUT2D eigenvalue weighted by Gasteiger charge is -2.35. The second kappa shape index (κ2) is 8.14. The van der Waals surface area contributed by atoms with Crippen LogP contribution in [0.1, 0.15) is 39.2 Å². The van der Waals surface area contributed by atoms with Crippen molar-refractivity contribution in [3.8, 4) is 0 Å². The Hall–Kier alpha value is -1.41. The number of amides is 2. The zero-order chi connectivity index (χ0) is 20.6. The standard InChI is InChI=1S/C20H27BrN2O4S/c1-13-8-14(2)12-22(11-13)19(25)5-7-28(26,27)18-10-17(21)9-16-4-6-23(15(3)24)20(16)18/h9-10,13-14H,4-8,11-12H2,1-3H3/t13-,14-/m0/s1. The quantitative estimate of drug-likeness (QED) is 0.677. The number of hydrogen-bond acceptors (Lipinski definition) is 4. The number of benzene rings is 1. The summed E-state index contributed by atoms with van der Waals surface area (Å²) < 4.78 is 26.9. The monoisotopic (exact) mass is 470 g/mol. The van der Waals surface area contributed by atoms with Gasteiger partial charge in [-0.2, -0.15) is 0 Å². The van der Waals surface area contributed by atoms with Gasteiger partial charge < -0.3 is 9.80 Å². The molecule has 0 saturated carbocycles. The zero-order valence-electron chi connectivity index (χ0n) is 16.6. The fourth-order valence-corrected chi connectivity index (χ4v) is 6.54. The predicted octanol–water partition coefficient (Wildman–Crippen LogP) is 3.03. The minimum atomic E-state index is -3.71. The first-order valence-corrected chi connectivity index (χ1v) is 12.1. The summed E-state index contributed by atoms with van der Waals surface area (Å²) in [5.41, 5.74) is 1.32. The van der Waals surface area contributed by atoms with Crippen molar-refractivity contribution in [1.29, 1.82) is 0 Å². The molecule has 0 spiro atoms. The van der Waals surface area contributed by atoms with Crippen LogP contribution in [0.2, 0.25) is 0 Å². The van der Waals surface area contributed by atoms with Crippen molar-refractivity contribution in [2.75, 3.05) is 30.3 Å². The number of rotatable bonds is 4. The summed E-state index contributed by atoms with van der Waals surface area (Å²) in [6, 6.07) is 3.41. The molecule has 2 amide bonds. The van der Waals surface area contributed by atoms with Crippen LogP contribution in [0.5, 0.6) is 0 Å². The highest BCUT2D eigenvalue weighted by Gasteiger charge is 2.32. The first-order chi connectivity index (χ1) is 13.1. The lowest BCUT2D eigenvalue weighted by molar-refractivity contribution is -0.133. The highest BCUT2D eigenvalue weighted by molar-refractivity contribution is 9.10. The van der Waals surface area contributed by atoms with Gasteiger partial charge in [0, 0.05) is 37.5 Å². The Morgan fingerprint density at radius 1 is 1.18 bits per heavy atom. The number of sulfone groups is 1. The number of carbonyl (C=O) groups excluding carboxylic acids is 2. The summed E-state index contributed by atoms with van der Waals surface area (Å²) in [5, 5.41) is 0. The van der Waals surface area contributed by atoms with Gasteiger partial charge in [-0.1, -0.05) is 29.8 Å². The summed E-state index contributed by atoms with van der Waals surface area (Å²) in [6.07, 6.45) is 1.68. The molecule has 0 unspecified atom stereocenters. The summed E-state index contributed by atoms with van der Waals surface area (Å²) in [7, 11) is -3.71. The molecule has 0 aromatic heterocycles. The minimum Gasteiger partial charge on any atom is -0.342 e. The van der Waals surface area contributed by atoms with Crippen molar-refractivity contribution < 1.29 is 18.0 Å². The van der Waals surface area contributed by atoms with Gasteiger partial charge in [0.25, 0.3) is 0 Å². The Kier molecular flexibility index (Phi) is 6.20. The Bertz CT molecular complexity index is 890. The highest BCUT2D eigenvalue weighted by atomic mass is 79.9. The maximum absolute atomic E-state index is 13.1. The summed E-state index contributed by atoms with van der Waals surface area (Å²) in [4.78, 5) is 28.0. The van der Waals surface area contributed by atoms with Crippen LogP contribution in [0.15, 0.2) is 21.5 Å². The third kappa shape index (κ3) is 4.43. The molecule has 6 nitrogen and oxygen atoms in total. The SMILES string of the molecule is CC(=O)N1CCc2cc(Br)cc(S(=O)(=O)CCC(=O)N3C[C@@H](C)C[C@H](C)C3)c21. The van der Waals surface area contributed by atoms with Crippen LogP contribution in [0.3, 0.4) is 0 Å². The Morgan fingerprint density at radius 2 is 1.82 bits per heavy atom. The molecule has 28 heavy (non-hydrogen) atoms. The molecule has 3 rings (SSSR count). The molecule has 2 heterocycles. The maximum atomic E-state index is 13.1. The number of halogens is 1. The van der Waals surface area contributed by atoms with Crippen molar-refractivity contribution in [3.63, 3.8) is 0 Å². The average molecular weight is 471 g/mol. The smallest absolute Gasteiger partial charge is 0.223 e. The van der Waals surface area contributed by atoms with Crippen LogP contribution in [-0.2, 0) is 25.8 Å². The Balaban J connectivity index is 1.80. The Morgan fingerprint density at radius 3 is 2.43 bits per heavy atom. The molecule has 0 radical (unpaired) electrons. The number of fused-ring (bicyclic) bond motifs is 1. The molecule has 1 aromatic carbocycles. The van der Waals surface area contributed by atoms with E-state index >= 15 is 0 Å². The van der Waals surface area contributed by atoms with Crippen molar-refractivity contribution in [3.05, 3.63) is 22.2 Å². The second-order valence-electron chi connectivity index (χ2n) is 8.15. The van der Waals surface area contributed by atoms with E-state index in [1.807, 2.05) is 6.07 Å². The van der Waals surface area contributed by atoms with Crippen LogP contribution in [0.4, 0.5) is 5.69 Å². The lowest BCUT2D eigenvalue weighted by Crippen LogP contribution is -2.43. The van der Waals surface area contributed by atoms with Crippen LogP contribution in [0, 0.1) is 11.8 Å². The number of carbonyl (C=O) groups is 2. The maximum Gasteiger partial charge on any atom is 0.223 e. The van der Waals surface area contributed by atoms with E-state index in [0.717, 1.165) is 12.0 Å². The van der Waals surface area contributed by atoms with Gasteiger partial charge in [0.05, 0.1) is 16.3 Å². The third-order valence-electron chi connectivity index (χ3n) is 5.51.